The second kappa shape index (κ2) is 23.6. The predicted octanol–water partition coefficient (Wildman–Crippen LogP) is 5.28. The number of phosphoric acid groups is 1. The van der Waals surface area contributed by atoms with Gasteiger partial charge in [-0.05, 0) is 19.9 Å². The van der Waals surface area contributed by atoms with Crippen molar-refractivity contribution in [3.05, 3.63) is 0 Å². The fourth-order valence-electron chi connectivity index (χ4n) is 3.92. The highest BCUT2D eigenvalue weighted by molar-refractivity contribution is 7.47. The van der Waals surface area contributed by atoms with Gasteiger partial charge < -0.3 is 29.2 Å². The van der Waals surface area contributed by atoms with Crippen LogP contribution in [-0.4, -0.2) is 75.3 Å². The molecule has 1 fully saturated rings. The van der Waals surface area contributed by atoms with E-state index in [1.165, 1.54) is 7.11 Å². The van der Waals surface area contributed by atoms with Gasteiger partial charge in [-0.2, -0.15) is 0 Å². The third-order valence-corrected chi connectivity index (χ3v) is 7.00. The molecule has 0 aromatic heterocycles. The van der Waals surface area contributed by atoms with Crippen molar-refractivity contribution in [3.63, 3.8) is 0 Å². The lowest BCUT2D eigenvalue weighted by Crippen LogP contribution is -2.42. The molecule has 3 unspecified atom stereocenters. The summed E-state index contributed by atoms with van der Waals surface area (Å²) in [7, 11) is -1.31. The van der Waals surface area contributed by atoms with Crippen molar-refractivity contribution in [2.24, 2.45) is 0 Å². The summed E-state index contributed by atoms with van der Waals surface area (Å²) in [6.07, 6.45) is 6.02. The normalized spacial score (nSPS) is 22.0. The van der Waals surface area contributed by atoms with Crippen LogP contribution in [0.5, 0.6) is 0 Å². The van der Waals surface area contributed by atoms with E-state index in [1.54, 1.807) is 7.05 Å². The number of phosphoric ester groups is 1. The van der Waals surface area contributed by atoms with Gasteiger partial charge >= 0.3 is 19.8 Å². The molecule has 0 aromatic rings. The Kier molecular flexibility index (Phi) is 23.0. The number of carbonyl (C=O) groups excluding carboxylic acids is 2. The van der Waals surface area contributed by atoms with Crippen LogP contribution in [0.15, 0.2) is 0 Å². The van der Waals surface area contributed by atoms with Gasteiger partial charge in [-0.15, -0.1) is 0 Å². The number of carbonyl (C=O) groups is 2. The Hall–Kier alpha value is -1.07. The lowest BCUT2D eigenvalue weighted by Gasteiger charge is -2.24. The number of hydrogen-bond donors (Lipinski definition) is 2. The van der Waals surface area contributed by atoms with Gasteiger partial charge in [0.1, 0.15) is 6.10 Å². The van der Waals surface area contributed by atoms with Crippen molar-refractivity contribution in [2.45, 2.75) is 129 Å². The first-order chi connectivity index (χ1) is 18.8. The number of esters is 2. The van der Waals surface area contributed by atoms with E-state index >= 15 is 0 Å². The van der Waals surface area contributed by atoms with E-state index in [4.69, 9.17) is 28.0 Å². The van der Waals surface area contributed by atoms with Gasteiger partial charge in [0, 0.05) is 26.5 Å². The van der Waals surface area contributed by atoms with Crippen molar-refractivity contribution < 1.29 is 47.0 Å². The maximum atomic E-state index is 12.6. The maximum absolute atomic E-state index is 12.6. The van der Waals surface area contributed by atoms with E-state index in [0.29, 0.717) is 19.4 Å². The van der Waals surface area contributed by atoms with Crippen LogP contribution in [0.2, 0.25) is 0 Å². The summed E-state index contributed by atoms with van der Waals surface area (Å²) < 4.78 is 44.6. The monoisotopic (exact) mass is 583 g/mol. The van der Waals surface area contributed by atoms with E-state index in [0.717, 1.165) is 51.4 Å². The molecular weight excluding hydrogens is 529 g/mol. The van der Waals surface area contributed by atoms with Crippen LogP contribution < -0.4 is 5.32 Å². The van der Waals surface area contributed by atoms with Crippen LogP contribution in [-0.2, 0) is 42.1 Å². The molecule has 39 heavy (non-hydrogen) atoms. The standard InChI is InChI=1S/C25H48NO10P.C2H6/c1-5-7-9-11-13-15-21(27)35-23-20(19-33-37(29,30)32-18-17-26-3)34-25(31-4)24(23)36-22(28)16-14-12-10-8-6-2;1-2/h20,23-26H,5-19H2,1-4H3,(H,29,30);1-2H3/t20?,23-,24-,25?;/m1./s1. The number of methoxy groups -OCH3 is 1. The number of nitrogens with one attached hydrogen (secondary N) is 1. The minimum absolute atomic E-state index is 0.0363. The third-order valence-electron chi connectivity index (χ3n) is 6.01. The molecule has 1 aliphatic heterocycles. The zero-order valence-corrected chi connectivity index (χ0v) is 25.9. The molecule has 232 valence electrons. The molecule has 11 nitrogen and oxygen atoms in total. The molecule has 0 saturated carbocycles. The van der Waals surface area contributed by atoms with Crippen molar-refractivity contribution in [2.75, 3.05) is 33.9 Å². The maximum Gasteiger partial charge on any atom is 0.472 e. The summed E-state index contributed by atoms with van der Waals surface area (Å²) in [6, 6.07) is 0. The van der Waals surface area contributed by atoms with Gasteiger partial charge in [0.15, 0.2) is 18.5 Å². The van der Waals surface area contributed by atoms with Crippen LogP contribution in [0, 0.1) is 0 Å². The topological polar surface area (TPSA) is 139 Å². The zero-order valence-electron chi connectivity index (χ0n) is 25.0. The minimum Gasteiger partial charge on any atom is -0.455 e. The van der Waals surface area contributed by atoms with Gasteiger partial charge in [-0.3, -0.25) is 18.6 Å². The third kappa shape index (κ3) is 17.4. The van der Waals surface area contributed by atoms with Crippen molar-refractivity contribution in [1.82, 2.24) is 5.32 Å². The van der Waals surface area contributed by atoms with Gasteiger partial charge in [-0.1, -0.05) is 79.1 Å². The molecule has 0 aliphatic carbocycles. The molecule has 1 rings (SSSR count). The quantitative estimate of drug-likeness (QED) is 0.0977. The molecule has 0 spiro atoms. The first-order valence-electron chi connectivity index (χ1n) is 14.6. The Labute approximate surface area is 235 Å². The lowest BCUT2D eigenvalue weighted by atomic mass is 10.1. The smallest absolute Gasteiger partial charge is 0.455 e. The molecule has 0 aromatic carbocycles. The first-order valence-corrected chi connectivity index (χ1v) is 16.1. The second-order valence-electron chi connectivity index (χ2n) is 9.22. The van der Waals surface area contributed by atoms with Gasteiger partial charge in [-0.25, -0.2) is 4.57 Å². The Morgan fingerprint density at radius 3 is 1.85 bits per heavy atom. The van der Waals surface area contributed by atoms with E-state index in [2.05, 4.69) is 19.2 Å². The average Bonchev–Trinajstić information content (AvgIpc) is 3.24. The molecule has 12 heteroatoms. The SMILES string of the molecule is CC.CCCCCCCC(=O)O[C@@H]1C(COP(=O)(O)OCCNC)OC(OC)[C@@H]1OC(=O)CCCCCCC. The molecule has 1 saturated heterocycles. The minimum atomic E-state index is -4.37. The Morgan fingerprint density at radius 1 is 0.846 bits per heavy atom. The van der Waals surface area contributed by atoms with Crippen LogP contribution in [0.1, 0.15) is 105 Å². The molecular formula is C27H54NO10P. The summed E-state index contributed by atoms with van der Waals surface area (Å²) in [5.74, 6) is -0.914. The Morgan fingerprint density at radius 2 is 1.36 bits per heavy atom. The summed E-state index contributed by atoms with van der Waals surface area (Å²) in [5.41, 5.74) is 0. The molecule has 1 aliphatic rings. The molecule has 0 bridgehead atoms. The molecule has 1 heterocycles. The van der Waals surface area contributed by atoms with E-state index in [9.17, 15) is 19.0 Å². The van der Waals surface area contributed by atoms with E-state index in [-0.39, 0.29) is 19.4 Å². The zero-order chi connectivity index (χ0) is 29.5. The highest BCUT2D eigenvalue weighted by Crippen LogP contribution is 2.44. The summed E-state index contributed by atoms with van der Waals surface area (Å²) >= 11 is 0. The van der Waals surface area contributed by atoms with Gasteiger partial charge in [0.05, 0.1) is 13.2 Å². The predicted molar refractivity (Wildman–Crippen MR) is 149 cm³/mol. The van der Waals surface area contributed by atoms with Crippen molar-refractivity contribution >= 4 is 19.8 Å². The van der Waals surface area contributed by atoms with E-state index in [1.807, 2.05) is 13.8 Å². The number of likely N-dealkylation sites (N-methyl/N-ethyl adjacent to an activating group) is 1. The Balaban J connectivity index is 0.00000704. The summed E-state index contributed by atoms with van der Waals surface area (Å²) in [5, 5.41) is 2.80. The molecule has 0 amide bonds. The largest absolute Gasteiger partial charge is 0.472 e. The number of rotatable bonds is 22. The van der Waals surface area contributed by atoms with Crippen molar-refractivity contribution in [1.29, 1.82) is 0 Å². The molecule has 0 radical (unpaired) electrons. The van der Waals surface area contributed by atoms with Gasteiger partial charge in [0.25, 0.3) is 0 Å². The highest BCUT2D eigenvalue weighted by Gasteiger charge is 2.50. The van der Waals surface area contributed by atoms with Crippen LogP contribution in [0.25, 0.3) is 0 Å². The fraction of sp³-hybridized carbons (Fsp3) is 0.926. The number of hydrogen-bond acceptors (Lipinski definition) is 10. The number of ether oxygens (including phenoxy) is 4. The molecule has 5 atom stereocenters. The first kappa shape index (κ1) is 37.9. The fourth-order valence-corrected chi connectivity index (χ4v) is 4.65. The van der Waals surface area contributed by atoms with Crippen LogP contribution >= 0.6 is 7.82 Å². The lowest BCUT2D eigenvalue weighted by molar-refractivity contribution is -0.183. The highest BCUT2D eigenvalue weighted by atomic mass is 31.2. The van der Waals surface area contributed by atoms with Gasteiger partial charge in [0.2, 0.25) is 0 Å². The summed E-state index contributed by atoms with van der Waals surface area (Å²) in [6.45, 7) is 8.13. The second-order valence-corrected chi connectivity index (χ2v) is 10.7. The Bertz CT molecular complexity index is 681. The summed E-state index contributed by atoms with van der Waals surface area (Å²) in [4.78, 5) is 35.1. The van der Waals surface area contributed by atoms with Crippen molar-refractivity contribution in [3.8, 4) is 0 Å². The van der Waals surface area contributed by atoms with E-state index < -0.39 is 51.0 Å². The molecule has 2 N–H and O–H groups in total. The average molecular weight is 584 g/mol. The van der Waals surface area contributed by atoms with Crippen LogP contribution in [0.3, 0.4) is 0 Å². The number of unbranched alkanes of at least 4 members (excludes halogenated alkanes) is 8. The van der Waals surface area contributed by atoms with Crippen LogP contribution in [0.4, 0.5) is 0 Å².